The SMILES string of the molecule is CCCC[C@H](CC)COC(=O)c1ccc(C(=O)OC)cc1. The maximum Gasteiger partial charge on any atom is 0.338 e. The van der Waals surface area contributed by atoms with Crippen LogP contribution in [0.25, 0.3) is 0 Å². The Morgan fingerprint density at radius 1 is 1.05 bits per heavy atom. The molecule has 0 radical (unpaired) electrons. The van der Waals surface area contributed by atoms with Crippen LogP contribution in [0.4, 0.5) is 0 Å². The zero-order chi connectivity index (χ0) is 15.7. The van der Waals surface area contributed by atoms with Crippen molar-refractivity contribution in [1.82, 2.24) is 0 Å². The summed E-state index contributed by atoms with van der Waals surface area (Å²) < 4.78 is 9.96. The van der Waals surface area contributed by atoms with Gasteiger partial charge in [0.05, 0.1) is 24.8 Å². The second-order valence-electron chi connectivity index (χ2n) is 5.08. The molecular weight excluding hydrogens is 268 g/mol. The predicted molar refractivity (Wildman–Crippen MR) is 81.4 cm³/mol. The molecule has 1 atom stereocenters. The average Bonchev–Trinajstić information content (AvgIpc) is 2.54. The molecule has 0 saturated heterocycles. The number of rotatable bonds is 8. The van der Waals surface area contributed by atoms with Gasteiger partial charge in [-0.15, -0.1) is 0 Å². The Balaban J connectivity index is 2.53. The Labute approximate surface area is 126 Å². The van der Waals surface area contributed by atoms with Crippen molar-refractivity contribution in [2.24, 2.45) is 5.92 Å². The second-order valence-corrected chi connectivity index (χ2v) is 5.08. The highest BCUT2D eigenvalue weighted by atomic mass is 16.5. The van der Waals surface area contributed by atoms with Gasteiger partial charge in [0.2, 0.25) is 0 Å². The summed E-state index contributed by atoms with van der Waals surface area (Å²) in [5, 5.41) is 0. The normalized spacial score (nSPS) is 11.8. The molecule has 0 aliphatic rings. The molecule has 0 saturated carbocycles. The van der Waals surface area contributed by atoms with Crippen LogP contribution in [0.5, 0.6) is 0 Å². The van der Waals surface area contributed by atoms with Crippen LogP contribution < -0.4 is 0 Å². The Kier molecular flexibility index (Phi) is 7.51. The van der Waals surface area contributed by atoms with E-state index >= 15 is 0 Å². The molecule has 0 N–H and O–H groups in total. The van der Waals surface area contributed by atoms with Gasteiger partial charge in [-0.1, -0.05) is 33.1 Å². The highest BCUT2D eigenvalue weighted by Crippen LogP contribution is 2.14. The van der Waals surface area contributed by atoms with Crippen LogP contribution in [0.2, 0.25) is 0 Å². The van der Waals surface area contributed by atoms with Gasteiger partial charge in [0.1, 0.15) is 0 Å². The number of esters is 2. The van der Waals surface area contributed by atoms with E-state index in [1.165, 1.54) is 7.11 Å². The molecule has 1 aromatic carbocycles. The van der Waals surface area contributed by atoms with E-state index in [4.69, 9.17) is 4.74 Å². The standard InChI is InChI=1S/C17H24O4/c1-4-6-7-13(5-2)12-21-17(19)15-10-8-14(9-11-15)16(18)20-3/h8-11,13H,4-7,12H2,1-3H3/t13-/m0/s1. The van der Waals surface area contributed by atoms with Gasteiger partial charge in [0, 0.05) is 0 Å². The third-order valence-electron chi connectivity index (χ3n) is 3.54. The molecule has 0 fully saturated rings. The van der Waals surface area contributed by atoms with Gasteiger partial charge in [0.25, 0.3) is 0 Å². The third kappa shape index (κ3) is 5.58. The summed E-state index contributed by atoms with van der Waals surface area (Å²) in [7, 11) is 1.33. The van der Waals surface area contributed by atoms with Crippen LogP contribution in [0.1, 0.15) is 60.2 Å². The molecule has 0 unspecified atom stereocenters. The van der Waals surface area contributed by atoms with Crippen molar-refractivity contribution in [2.45, 2.75) is 39.5 Å². The van der Waals surface area contributed by atoms with Gasteiger partial charge < -0.3 is 9.47 Å². The average molecular weight is 292 g/mol. The number of benzene rings is 1. The molecule has 0 bridgehead atoms. The first kappa shape index (κ1) is 17.2. The smallest absolute Gasteiger partial charge is 0.338 e. The van der Waals surface area contributed by atoms with E-state index in [-0.39, 0.29) is 5.97 Å². The molecule has 21 heavy (non-hydrogen) atoms. The quantitative estimate of drug-likeness (QED) is 0.683. The fraction of sp³-hybridized carbons (Fsp3) is 0.529. The fourth-order valence-electron chi connectivity index (χ4n) is 2.04. The molecule has 116 valence electrons. The van der Waals surface area contributed by atoms with Crippen molar-refractivity contribution in [3.05, 3.63) is 35.4 Å². The molecule has 0 aromatic heterocycles. The van der Waals surface area contributed by atoms with Crippen molar-refractivity contribution in [3.63, 3.8) is 0 Å². The molecule has 1 aromatic rings. The highest BCUT2D eigenvalue weighted by molar-refractivity contribution is 5.93. The molecular formula is C17H24O4. The lowest BCUT2D eigenvalue weighted by atomic mass is 10.0. The van der Waals surface area contributed by atoms with Gasteiger partial charge in [-0.25, -0.2) is 9.59 Å². The predicted octanol–water partition coefficient (Wildman–Crippen LogP) is 3.85. The first-order valence-electron chi connectivity index (χ1n) is 7.47. The van der Waals surface area contributed by atoms with Gasteiger partial charge in [0.15, 0.2) is 0 Å². The van der Waals surface area contributed by atoms with Crippen molar-refractivity contribution in [2.75, 3.05) is 13.7 Å². The summed E-state index contributed by atoms with van der Waals surface area (Å²) >= 11 is 0. The summed E-state index contributed by atoms with van der Waals surface area (Å²) in [5.41, 5.74) is 0.872. The first-order valence-corrected chi connectivity index (χ1v) is 7.47. The number of carbonyl (C=O) groups is 2. The van der Waals surface area contributed by atoms with Gasteiger partial charge in [-0.3, -0.25) is 0 Å². The Morgan fingerprint density at radius 2 is 1.62 bits per heavy atom. The van der Waals surface area contributed by atoms with Crippen LogP contribution in [0.3, 0.4) is 0 Å². The van der Waals surface area contributed by atoms with Crippen LogP contribution in [0, 0.1) is 5.92 Å². The first-order chi connectivity index (χ1) is 10.1. The van der Waals surface area contributed by atoms with Crippen molar-refractivity contribution in [1.29, 1.82) is 0 Å². The lowest BCUT2D eigenvalue weighted by Gasteiger charge is -2.14. The Bertz CT molecular complexity index is 450. The van der Waals surface area contributed by atoms with E-state index in [1.54, 1.807) is 24.3 Å². The minimum absolute atomic E-state index is 0.346. The van der Waals surface area contributed by atoms with Crippen LogP contribution in [-0.2, 0) is 9.47 Å². The minimum Gasteiger partial charge on any atom is -0.465 e. The molecule has 0 heterocycles. The molecule has 0 aliphatic heterocycles. The molecule has 1 rings (SSSR count). The second kappa shape index (κ2) is 9.16. The van der Waals surface area contributed by atoms with Crippen LogP contribution in [0.15, 0.2) is 24.3 Å². The van der Waals surface area contributed by atoms with Crippen molar-refractivity contribution < 1.29 is 19.1 Å². The maximum absolute atomic E-state index is 12.0. The number of ether oxygens (including phenoxy) is 2. The van der Waals surface area contributed by atoms with Gasteiger partial charge in [-0.2, -0.15) is 0 Å². The number of methoxy groups -OCH3 is 1. The highest BCUT2D eigenvalue weighted by Gasteiger charge is 2.13. The summed E-state index contributed by atoms with van der Waals surface area (Å²) in [6.07, 6.45) is 4.40. The molecule has 0 spiro atoms. The lowest BCUT2D eigenvalue weighted by molar-refractivity contribution is 0.0427. The van der Waals surface area contributed by atoms with Crippen LogP contribution >= 0.6 is 0 Å². The largest absolute Gasteiger partial charge is 0.465 e. The summed E-state index contributed by atoms with van der Waals surface area (Å²) in [4.78, 5) is 23.3. The Morgan fingerprint density at radius 3 is 2.10 bits per heavy atom. The molecule has 0 amide bonds. The Hall–Kier alpha value is -1.84. The van der Waals surface area contributed by atoms with E-state index < -0.39 is 5.97 Å². The molecule has 4 nitrogen and oxygen atoms in total. The van der Waals surface area contributed by atoms with E-state index in [1.807, 2.05) is 0 Å². The number of hydrogen-bond donors (Lipinski definition) is 0. The maximum atomic E-state index is 12.0. The van der Waals surface area contributed by atoms with E-state index in [0.29, 0.717) is 23.7 Å². The van der Waals surface area contributed by atoms with Crippen molar-refractivity contribution in [3.8, 4) is 0 Å². The fourth-order valence-corrected chi connectivity index (χ4v) is 2.04. The van der Waals surface area contributed by atoms with Gasteiger partial charge in [-0.05, 0) is 36.6 Å². The van der Waals surface area contributed by atoms with E-state index in [9.17, 15) is 9.59 Å². The monoisotopic (exact) mass is 292 g/mol. The van der Waals surface area contributed by atoms with E-state index in [2.05, 4.69) is 18.6 Å². The van der Waals surface area contributed by atoms with E-state index in [0.717, 1.165) is 25.7 Å². The zero-order valence-electron chi connectivity index (χ0n) is 13.1. The van der Waals surface area contributed by atoms with Crippen molar-refractivity contribution >= 4 is 11.9 Å². The topological polar surface area (TPSA) is 52.6 Å². The molecule has 4 heteroatoms. The lowest BCUT2D eigenvalue weighted by Crippen LogP contribution is -2.14. The number of carbonyl (C=O) groups excluding carboxylic acids is 2. The summed E-state index contributed by atoms with van der Waals surface area (Å²) in [6.45, 7) is 4.72. The zero-order valence-corrected chi connectivity index (χ0v) is 13.1. The summed E-state index contributed by atoms with van der Waals surface area (Å²) in [5.74, 6) is -0.342. The minimum atomic E-state index is -0.416. The van der Waals surface area contributed by atoms with Crippen LogP contribution in [-0.4, -0.2) is 25.7 Å². The number of hydrogen-bond acceptors (Lipinski definition) is 4. The third-order valence-corrected chi connectivity index (χ3v) is 3.54. The molecule has 0 aliphatic carbocycles. The van der Waals surface area contributed by atoms with Gasteiger partial charge >= 0.3 is 11.9 Å². The number of unbranched alkanes of at least 4 members (excludes halogenated alkanes) is 1. The summed E-state index contributed by atoms with van der Waals surface area (Å²) in [6, 6.07) is 6.30.